The first-order valence-electron chi connectivity index (χ1n) is 6.79. The molecule has 3 nitrogen and oxygen atoms in total. The van der Waals surface area contributed by atoms with E-state index in [1.807, 2.05) is 55.5 Å². The van der Waals surface area contributed by atoms with Crippen LogP contribution in [0.2, 0.25) is 5.02 Å². The lowest BCUT2D eigenvalue weighted by Crippen LogP contribution is -2.53. The van der Waals surface area contributed by atoms with Crippen molar-refractivity contribution in [3.05, 3.63) is 70.7 Å². The maximum absolute atomic E-state index is 11.7. The Balaban J connectivity index is 2.50. The van der Waals surface area contributed by atoms with Crippen molar-refractivity contribution < 1.29 is 4.79 Å². The summed E-state index contributed by atoms with van der Waals surface area (Å²) in [5.41, 5.74) is 12.8. The number of halogens is 1. The maximum Gasteiger partial charge on any atom is 0.235 e. The largest absolute Gasteiger partial charge is 0.368 e. The van der Waals surface area contributed by atoms with E-state index < -0.39 is 17.4 Å². The zero-order chi connectivity index (χ0) is 15.5. The minimum atomic E-state index is -0.822. The van der Waals surface area contributed by atoms with Gasteiger partial charge in [-0.25, -0.2) is 0 Å². The minimum absolute atomic E-state index is 0.534. The molecular weight excluding hydrogens is 284 g/mol. The van der Waals surface area contributed by atoms with Crippen LogP contribution in [0.15, 0.2) is 54.6 Å². The quantitative estimate of drug-likeness (QED) is 0.891. The lowest BCUT2D eigenvalue weighted by atomic mass is 9.71. The van der Waals surface area contributed by atoms with Gasteiger partial charge in [0.25, 0.3) is 0 Å². The highest BCUT2D eigenvalue weighted by Crippen LogP contribution is 2.35. The summed E-state index contributed by atoms with van der Waals surface area (Å²) in [6, 6.07) is 16.5. The molecule has 110 valence electrons. The second-order valence-electron chi connectivity index (χ2n) is 5.44. The molecule has 0 saturated carbocycles. The molecule has 2 atom stereocenters. The first-order chi connectivity index (χ1) is 9.95. The molecule has 21 heavy (non-hydrogen) atoms. The van der Waals surface area contributed by atoms with E-state index in [9.17, 15) is 4.79 Å². The second kappa shape index (κ2) is 6.29. The molecular formula is C17H19ClN2O. The van der Waals surface area contributed by atoms with E-state index in [1.54, 1.807) is 6.07 Å². The highest BCUT2D eigenvalue weighted by Gasteiger charge is 2.38. The van der Waals surface area contributed by atoms with Gasteiger partial charge in [-0.2, -0.15) is 0 Å². The SMILES string of the molecule is CC(Cc1ccccc1)(c1ccccc1Cl)C(N)C(N)=O. The number of carbonyl (C=O) groups is 1. The van der Waals surface area contributed by atoms with E-state index in [1.165, 1.54) is 0 Å². The number of primary amides is 1. The Labute approximate surface area is 129 Å². The Morgan fingerprint density at radius 2 is 1.71 bits per heavy atom. The van der Waals surface area contributed by atoms with Gasteiger partial charge in [0.1, 0.15) is 0 Å². The number of benzene rings is 2. The van der Waals surface area contributed by atoms with Crippen molar-refractivity contribution in [1.29, 1.82) is 0 Å². The number of hydrogen-bond acceptors (Lipinski definition) is 2. The molecule has 2 aromatic carbocycles. The van der Waals surface area contributed by atoms with Gasteiger partial charge in [0.05, 0.1) is 6.04 Å². The van der Waals surface area contributed by atoms with Crippen LogP contribution in [-0.4, -0.2) is 11.9 Å². The maximum atomic E-state index is 11.7. The van der Waals surface area contributed by atoms with Gasteiger partial charge in [-0.15, -0.1) is 0 Å². The molecule has 0 aliphatic rings. The third kappa shape index (κ3) is 3.26. The van der Waals surface area contributed by atoms with Gasteiger partial charge in [0.2, 0.25) is 5.91 Å². The molecule has 0 fully saturated rings. The lowest BCUT2D eigenvalue weighted by molar-refractivity contribution is -0.120. The first-order valence-corrected chi connectivity index (χ1v) is 7.17. The van der Waals surface area contributed by atoms with E-state index in [0.717, 1.165) is 11.1 Å². The van der Waals surface area contributed by atoms with Gasteiger partial charge in [-0.1, -0.05) is 67.1 Å². The Bertz CT molecular complexity index is 630. The summed E-state index contributed by atoms with van der Waals surface area (Å²) >= 11 is 6.32. The van der Waals surface area contributed by atoms with Crippen LogP contribution in [0.5, 0.6) is 0 Å². The fraction of sp³-hybridized carbons (Fsp3) is 0.235. The van der Waals surface area contributed by atoms with Gasteiger partial charge < -0.3 is 11.5 Å². The van der Waals surface area contributed by atoms with Crippen LogP contribution >= 0.6 is 11.6 Å². The highest BCUT2D eigenvalue weighted by molar-refractivity contribution is 6.31. The summed E-state index contributed by atoms with van der Waals surface area (Å²) in [4.78, 5) is 11.7. The number of amides is 1. The average Bonchev–Trinajstić information content (AvgIpc) is 2.47. The Kier molecular flexibility index (Phi) is 4.66. The van der Waals surface area contributed by atoms with Crippen molar-refractivity contribution in [2.24, 2.45) is 11.5 Å². The highest BCUT2D eigenvalue weighted by atomic mass is 35.5. The van der Waals surface area contributed by atoms with E-state index in [0.29, 0.717) is 11.4 Å². The smallest absolute Gasteiger partial charge is 0.235 e. The van der Waals surface area contributed by atoms with Gasteiger partial charge in [-0.3, -0.25) is 4.79 Å². The van der Waals surface area contributed by atoms with Crippen molar-refractivity contribution in [2.75, 3.05) is 0 Å². The molecule has 0 bridgehead atoms. The van der Waals surface area contributed by atoms with E-state index in [4.69, 9.17) is 23.1 Å². The molecule has 0 radical (unpaired) electrons. The average molecular weight is 303 g/mol. The third-order valence-electron chi connectivity index (χ3n) is 3.90. The zero-order valence-corrected chi connectivity index (χ0v) is 12.7. The van der Waals surface area contributed by atoms with Crippen LogP contribution in [0.3, 0.4) is 0 Å². The minimum Gasteiger partial charge on any atom is -0.368 e. The molecule has 0 spiro atoms. The number of rotatable bonds is 5. The van der Waals surface area contributed by atoms with Crippen LogP contribution < -0.4 is 11.5 Å². The van der Waals surface area contributed by atoms with Crippen LogP contribution in [0.1, 0.15) is 18.1 Å². The Hall–Kier alpha value is -1.84. The summed E-state index contributed by atoms with van der Waals surface area (Å²) in [7, 11) is 0. The summed E-state index contributed by atoms with van der Waals surface area (Å²) in [6.45, 7) is 1.93. The van der Waals surface area contributed by atoms with Gasteiger partial charge in [0.15, 0.2) is 0 Å². The lowest BCUT2D eigenvalue weighted by Gasteiger charge is -2.35. The molecule has 0 heterocycles. The predicted octanol–water partition coefficient (Wildman–Crippen LogP) is 2.65. The van der Waals surface area contributed by atoms with Crippen molar-refractivity contribution in [3.63, 3.8) is 0 Å². The Morgan fingerprint density at radius 3 is 2.29 bits per heavy atom. The standard InChI is InChI=1S/C17H19ClN2O/c1-17(15(19)16(20)21,11-12-7-3-2-4-8-12)13-9-5-6-10-14(13)18/h2-10,15H,11,19H2,1H3,(H2,20,21). The fourth-order valence-corrected chi connectivity index (χ4v) is 2.98. The molecule has 2 unspecified atom stereocenters. The predicted molar refractivity (Wildman–Crippen MR) is 86.1 cm³/mol. The van der Waals surface area contributed by atoms with E-state index in [2.05, 4.69) is 0 Å². The van der Waals surface area contributed by atoms with Crippen molar-refractivity contribution in [1.82, 2.24) is 0 Å². The van der Waals surface area contributed by atoms with E-state index >= 15 is 0 Å². The van der Waals surface area contributed by atoms with Crippen molar-refractivity contribution in [2.45, 2.75) is 24.8 Å². The molecule has 2 rings (SSSR count). The fourth-order valence-electron chi connectivity index (χ4n) is 2.63. The molecule has 2 aromatic rings. The van der Waals surface area contributed by atoms with Crippen molar-refractivity contribution >= 4 is 17.5 Å². The molecule has 4 N–H and O–H groups in total. The summed E-state index contributed by atoms with van der Waals surface area (Å²) in [5, 5.41) is 0.590. The number of nitrogens with two attached hydrogens (primary N) is 2. The summed E-state index contributed by atoms with van der Waals surface area (Å²) in [5.74, 6) is -0.534. The monoisotopic (exact) mass is 302 g/mol. The molecule has 1 amide bonds. The van der Waals surface area contributed by atoms with Crippen LogP contribution in [0.4, 0.5) is 0 Å². The molecule has 0 aliphatic carbocycles. The topological polar surface area (TPSA) is 69.1 Å². The number of carbonyl (C=O) groups excluding carboxylic acids is 1. The zero-order valence-electron chi connectivity index (χ0n) is 11.9. The molecule has 0 aromatic heterocycles. The third-order valence-corrected chi connectivity index (χ3v) is 4.23. The molecule has 0 aliphatic heterocycles. The Morgan fingerprint density at radius 1 is 1.14 bits per heavy atom. The van der Waals surface area contributed by atoms with Crippen LogP contribution in [0, 0.1) is 0 Å². The number of hydrogen-bond donors (Lipinski definition) is 2. The second-order valence-corrected chi connectivity index (χ2v) is 5.85. The van der Waals surface area contributed by atoms with Gasteiger partial charge >= 0.3 is 0 Å². The van der Waals surface area contributed by atoms with Crippen molar-refractivity contribution in [3.8, 4) is 0 Å². The van der Waals surface area contributed by atoms with Crippen LogP contribution in [-0.2, 0) is 16.6 Å². The molecule has 0 saturated heterocycles. The van der Waals surface area contributed by atoms with Gasteiger partial charge in [-0.05, 0) is 23.6 Å². The van der Waals surface area contributed by atoms with Gasteiger partial charge in [0, 0.05) is 10.4 Å². The first kappa shape index (κ1) is 15.5. The van der Waals surface area contributed by atoms with Crippen LogP contribution in [0.25, 0.3) is 0 Å². The molecule has 4 heteroatoms. The summed E-state index contributed by atoms with van der Waals surface area (Å²) in [6.07, 6.45) is 0.585. The normalized spacial score (nSPS) is 15.2. The van der Waals surface area contributed by atoms with E-state index in [-0.39, 0.29) is 0 Å². The summed E-state index contributed by atoms with van der Waals surface area (Å²) < 4.78 is 0.